The maximum atomic E-state index is 13.9. The van der Waals surface area contributed by atoms with Gasteiger partial charge in [0.1, 0.15) is 0 Å². The van der Waals surface area contributed by atoms with Crippen molar-refractivity contribution < 1.29 is 19.0 Å². The van der Waals surface area contributed by atoms with Gasteiger partial charge in [-0.15, -0.1) is 0 Å². The molecule has 1 saturated heterocycles. The molecule has 23 heavy (non-hydrogen) atoms. The first-order valence-corrected chi connectivity index (χ1v) is 7.99. The van der Waals surface area contributed by atoms with Crippen LogP contribution in [-0.4, -0.2) is 35.7 Å². The SMILES string of the molecule is CC(C)=C1CN(Cc2ccc3c(c2C)OC(C)(F)O3)CC1CO. The third kappa shape index (κ3) is 3.08. The summed E-state index contributed by atoms with van der Waals surface area (Å²) in [5.41, 5.74) is 4.61. The molecule has 0 spiro atoms. The van der Waals surface area contributed by atoms with Crippen molar-refractivity contribution in [3.8, 4) is 11.5 Å². The number of hydrogen-bond donors (Lipinski definition) is 1. The van der Waals surface area contributed by atoms with Crippen LogP contribution in [0.3, 0.4) is 0 Å². The Morgan fingerprint density at radius 2 is 2.13 bits per heavy atom. The van der Waals surface area contributed by atoms with E-state index in [0.29, 0.717) is 11.5 Å². The Morgan fingerprint density at radius 3 is 2.74 bits per heavy atom. The van der Waals surface area contributed by atoms with Gasteiger partial charge in [0.15, 0.2) is 11.5 Å². The summed E-state index contributed by atoms with van der Waals surface area (Å²) in [5, 5.41) is 9.57. The second-order valence-electron chi connectivity index (χ2n) is 6.79. The van der Waals surface area contributed by atoms with E-state index in [1.807, 2.05) is 13.0 Å². The van der Waals surface area contributed by atoms with Crippen LogP contribution in [0, 0.1) is 12.8 Å². The fourth-order valence-corrected chi connectivity index (χ4v) is 3.44. The Bertz CT molecular complexity index is 650. The number of fused-ring (bicyclic) bond motifs is 1. The van der Waals surface area contributed by atoms with E-state index in [4.69, 9.17) is 9.47 Å². The first-order valence-electron chi connectivity index (χ1n) is 7.99. The molecule has 2 aliphatic heterocycles. The molecule has 0 amide bonds. The third-order valence-electron chi connectivity index (χ3n) is 4.68. The quantitative estimate of drug-likeness (QED) is 0.868. The lowest BCUT2D eigenvalue weighted by Gasteiger charge is -2.17. The lowest BCUT2D eigenvalue weighted by atomic mass is 10.00. The number of alkyl halides is 1. The van der Waals surface area contributed by atoms with Gasteiger partial charge in [-0.1, -0.05) is 17.2 Å². The van der Waals surface area contributed by atoms with E-state index in [-0.39, 0.29) is 12.5 Å². The maximum absolute atomic E-state index is 13.9. The average Bonchev–Trinajstić information content (AvgIpc) is 3.02. The molecule has 1 fully saturated rings. The zero-order valence-electron chi connectivity index (χ0n) is 14.1. The van der Waals surface area contributed by atoms with Gasteiger partial charge in [-0.05, 0) is 38.0 Å². The fraction of sp³-hybridized carbons (Fsp3) is 0.556. The number of hydrogen-bond acceptors (Lipinski definition) is 4. The van der Waals surface area contributed by atoms with Gasteiger partial charge < -0.3 is 14.6 Å². The number of nitrogens with zero attached hydrogens (tertiary/aromatic N) is 1. The zero-order chi connectivity index (χ0) is 16.8. The highest BCUT2D eigenvalue weighted by atomic mass is 19.2. The number of halogens is 1. The molecule has 1 aromatic rings. The van der Waals surface area contributed by atoms with Crippen molar-refractivity contribution in [3.05, 3.63) is 34.4 Å². The van der Waals surface area contributed by atoms with Crippen LogP contribution in [0.15, 0.2) is 23.3 Å². The molecule has 4 nitrogen and oxygen atoms in total. The Kier molecular flexibility index (Phi) is 4.10. The van der Waals surface area contributed by atoms with E-state index in [1.54, 1.807) is 6.07 Å². The summed E-state index contributed by atoms with van der Waals surface area (Å²) < 4.78 is 24.3. The van der Waals surface area contributed by atoms with Crippen molar-refractivity contribution in [3.63, 3.8) is 0 Å². The lowest BCUT2D eigenvalue weighted by Crippen LogP contribution is -2.28. The van der Waals surface area contributed by atoms with Crippen molar-refractivity contribution in [1.82, 2.24) is 4.90 Å². The van der Waals surface area contributed by atoms with Crippen molar-refractivity contribution in [1.29, 1.82) is 0 Å². The molecule has 0 saturated carbocycles. The number of rotatable bonds is 3. The van der Waals surface area contributed by atoms with E-state index in [0.717, 1.165) is 30.8 Å². The molecule has 1 aromatic carbocycles. The molecule has 126 valence electrons. The second kappa shape index (κ2) is 5.80. The predicted molar refractivity (Wildman–Crippen MR) is 86.2 cm³/mol. The summed E-state index contributed by atoms with van der Waals surface area (Å²) in [6.07, 6.45) is 0. The van der Waals surface area contributed by atoms with Crippen LogP contribution in [0.4, 0.5) is 4.39 Å². The maximum Gasteiger partial charge on any atom is 0.404 e. The minimum Gasteiger partial charge on any atom is -0.423 e. The number of aliphatic hydroxyl groups is 1. The molecular formula is C18H24FNO3. The van der Waals surface area contributed by atoms with E-state index in [9.17, 15) is 9.50 Å². The van der Waals surface area contributed by atoms with Crippen molar-refractivity contribution in [2.75, 3.05) is 19.7 Å². The summed E-state index contributed by atoms with van der Waals surface area (Å²) in [5.74, 6) is 1.16. The molecule has 2 heterocycles. The van der Waals surface area contributed by atoms with Gasteiger partial charge in [0.05, 0.1) is 6.61 Å². The molecule has 0 radical (unpaired) electrons. The first kappa shape index (κ1) is 16.3. The second-order valence-corrected chi connectivity index (χ2v) is 6.79. The number of allylic oxidation sites excluding steroid dienone is 1. The molecule has 5 heteroatoms. The number of aliphatic hydroxyl groups excluding tert-OH is 1. The smallest absolute Gasteiger partial charge is 0.404 e. The Labute approximate surface area is 136 Å². The predicted octanol–water partition coefficient (Wildman–Crippen LogP) is 3.17. The third-order valence-corrected chi connectivity index (χ3v) is 4.68. The van der Waals surface area contributed by atoms with Crippen LogP contribution >= 0.6 is 0 Å². The highest BCUT2D eigenvalue weighted by molar-refractivity contribution is 5.52. The van der Waals surface area contributed by atoms with Gasteiger partial charge in [-0.2, -0.15) is 4.39 Å². The molecule has 0 aromatic heterocycles. The molecule has 2 atom stereocenters. The summed E-state index contributed by atoms with van der Waals surface area (Å²) in [4.78, 5) is 2.31. The van der Waals surface area contributed by atoms with E-state index >= 15 is 0 Å². The molecule has 3 rings (SSSR count). The number of benzene rings is 1. The molecule has 0 aliphatic carbocycles. The van der Waals surface area contributed by atoms with Crippen LogP contribution in [0.25, 0.3) is 0 Å². The van der Waals surface area contributed by atoms with Gasteiger partial charge in [0.25, 0.3) is 0 Å². The van der Waals surface area contributed by atoms with E-state index in [1.165, 1.54) is 18.1 Å². The standard InChI is InChI=1S/C18H24FNO3/c1-11(2)15-9-20(8-14(15)10-21)7-13-5-6-16-17(12(13)3)23-18(4,19)22-16/h5-6,14,21H,7-10H2,1-4H3. The summed E-state index contributed by atoms with van der Waals surface area (Å²) in [6, 6.07) is 1.65. The van der Waals surface area contributed by atoms with Crippen LogP contribution < -0.4 is 9.47 Å². The van der Waals surface area contributed by atoms with E-state index in [2.05, 4.69) is 18.7 Å². The Balaban J connectivity index is 1.80. The summed E-state index contributed by atoms with van der Waals surface area (Å²) >= 11 is 0. The van der Waals surface area contributed by atoms with Gasteiger partial charge in [0, 0.05) is 32.5 Å². The summed E-state index contributed by atoms with van der Waals surface area (Å²) in [7, 11) is 0. The number of ether oxygens (including phenoxy) is 2. The lowest BCUT2D eigenvalue weighted by molar-refractivity contribution is -0.173. The van der Waals surface area contributed by atoms with Gasteiger partial charge in [0.2, 0.25) is 0 Å². The summed E-state index contributed by atoms with van der Waals surface area (Å²) in [6.45, 7) is 10.0. The molecular weight excluding hydrogens is 297 g/mol. The largest absolute Gasteiger partial charge is 0.423 e. The average molecular weight is 321 g/mol. The van der Waals surface area contributed by atoms with Gasteiger partial charge in [-0.25, -0.2) is 0 Å². The number of likely N-dealkylation sites (tertiary alicyclic amines) is 1. The molecule has 1 N–H and O–H groups in total. The van der Waals surface area contributed by atoms with Crippen LogP contribution in [-0.2, 0) is 6.54 Å². The molecule has 0 bridgehead atoms. The van der Waals surface area contributed by atoms with Crippen molar-refractivity contribution in [2.24, 2.45) is 5.92 Å². The first-order chi connectivity index (χ1) is 10.8. The monoisotopic (exact) mass is 321 g/mol. The van der Waals surface area contributed by atoms with Crippen LogP contribution in [0.2, 0.25) is 0 Å². The minimum absolute atomic E-state index is 0.178. The van der Waals surface area contributed by atoms with Gasteiger partial charge in [-0.3, -0.25) is 4.90 Å². The molecule has 2 aliphatic rings. The Morgan fingerprint density at radius 1 is 1.39 bits per heavy atom. The topological polar surface area (TPSA) is 41.9 Å². The van der Waals surface area contributed by atoms with Crippen molar-refractivity contribution in [2.45, 2.75) is 40.3 Å². The van der Waals surface area contributed by atoms with Crippen LogP contribution in [0.1, 0.15) is 31.9 Å². The van der Waals surface area contributed by atoms with Gasteiger partial charge >= 0.3 is 6.04 Å². The normalized spacial score (nSPS) is 26.9. The highest BCUT2D eigenvalue weighted by Gasteiger charge is 2.38. The zero-order valence-corrected chi connectivity index (χ0v) is 14.1. The minimum atomic E-state index is -2.09. The Hall–Kier alpha value is -1.59. The molecule has 2 unspecified atom stereocenters. The van der Waals surface area contributed by atoms with E-state index < -0.39 is 6.04 Å². The highest BCUT2D eigenvalue weighted by Crippen LogP contribution is 2.43. The van der Waals surface area contributed by atoms with Crippen molar-refractivity contribution >= 4 is 0 Å². The fourth-order valence-electron chi connectivity index (χ4n) is 3.44. The van der Waals surface area contributed by atoms with Crippen LogP contribution in [0.5, 0.6) is 11.5 Å².